The Labute approximate surface area is 104 Å². The van der Waals surface area contributed by atoms with Crippen LogP contribution < -0.4 is 0 Å². The molecule has 2 nitrogen and oxygen atoms in total. The summed E-state index contributed by atoms with van der Waals surface area (Å²) >= 11 is 0. The molecule has 1 aliphatic carbocycles. The molecule has 0 saturated heterocycles. The lowest BCUT2D eigenvalue weighted by Gasteiger charge is -2.29. The molecule has 0 radical (unpaired) electrons. The van der Waals surface area contributed by atoms with Gasteiger partial charge in [0.25, 0.3) is 0 Å². The predicted octanol–water partition coefficient (Wildman–Crippen LogP) is 4.18. The zero-order chi connectivity index (χ0) is 13.1. The summed E-state index contributed by atoms with van der Waals surface area (Å²) in [5.74, 6) is -0.835. The number of aliphatic carboxylic acids is 1. The molecule has 0 spiro atoms. The van der Waals surface area contributed by atoms with E-state index >= 15 is 0 Å². The van der Waals surface area contributed by atoms with Crippen LogP contribution in [-0.4, -0.2) is 11.1 Å². The summed E-state index contributed by atoms with van der Waals surface area (Å²) in [6.07, 6.45) is 7.81. The van der Waals surface area contributed by atoms with E-state index in [-0.39, 0.29) is 11.3 Å². The fourth-order valence-electron chi connectivity index (χ4n) is 2.43. The van der Waals surface area contributed by atoms with Gasteiger partial charge in [-0.2, -0.15) is 0 Å². The van der Waals surface area contributed by atoms with Gasteiger partial charge in [0.05, 0.1) is 5.92 Å². The molecule has 2 heteroatoms. The lowest BCUT2D eigenvalue weighted by atomic mass is 9.76. The van der Waals surface area contributed by atoms with Crippen molar-refractivity contribution in [2.45, 2.75) is 53.4 Å². The van der Waals surface area contributed by atoms with Crippen LogP contribution in [0.25, 0.3) is 0 Å². The average molecular weight is 236 g/mol. The maximum Gasteiger partial charge on any atom is 0.306 e. The van der Waals surface area contributed by atoms with E-state index in [2.05, 4.69) is 39.8 Å². The van der Waals surface area contributed by atoms with Crippen LogP contribution in [0.1, 0.15) is 53.4 Å². The van der Waals surface area contributed by atoms with Gasteiger partial charge in [-0.1, -0.05) is 39.8 Å². The number of carboxylic acids is 1. The quantitative estimate of drug-likeness (QED) is 0.798. The van der Waals surface area contributed by atoms with E-state index in [9.17, 15) is 4.79 Å². The summed E-state index contributed by atoms with van der Waals surface area (Å²) in [6.45, 7) is 8.81. The molecule has 1 N–H and O–H groups in total. The third-order valence-electron chi connectivity index (χ3n) is 3.32. The van der Waals surface area contributed by atoms with Crippen molar-refractivity contribution < 1.29 is 9.90 Å². The minimum atomic E-state index is -0.655. The maximum absolute atomic E-state index is 10.9. The fraction of sp³-hybridized carbons (Fsp3) is 0.667. The van der Waals surface area contributed by atoms with E-state index < -0.39 is 5.97 Å². The molecular formula is C15H24O2. The molecule has 1 unspecified atom stereocenters. The molecular weight excluding hydrogens is 212 g/mol. The largest absolute Gasteiger partial charge is 0.481 e. The zero-order valence-corrected chi connectivity index (χ0v) is 11.4. The van der Waals surface area contributed by atoms with Crippen molar-refractivity contribution >= 4 is 5.97 Å². The Morgan fingerprint density at radius 2 is 2.18 bits per heavy atom. The molecule has 0 bridgehead atoms. The molecule has 0 heterocycles. The van der Waals surface area contributed by atoms with E-state index in [1.165, 1.54) is 11.1 Å². The maximum atomic E-state index is 10.9. The molecule has 96 valence electrons. The summed E-state index contributed by atoms with van der Waals surface area (Å²) in [5.41, 5.74) is 2.90. The number of allylic oxidation sites excluding steroid dienone is 4. The van der Waals surface area contributed by atoms with Crippen molar-refractivity contribution in [1.82, 2.24) is 0 Å². The van der Waals surface area contributed by atoms with E-state index in [4.69, 9.17) is 5.11 Å². The predicted molar refractivity (Wildman–Crippen MR) is 70.9 cm³/mol. The lowest BCUT2D eigenvalue weighted by Crippen LogP contribution is -2.19. The van der Waals surface area contributed by atoms with Crippen molar-refractivity contribution in [2.75, 3.05) is 0 Å². The third kappa shape index (κ3) is 3.72. The van der Waals surface area contributed by atoms with Crippen LogP contribution in [0, 0.1) is 11.3 Å². The summed E-state index contributed by atoms with van der Waals surface area (Å²) in [7, 11) is 0. The molecule has 0 fully saturated rings. The first-order valence-corrected chi connectivity index (χ1v) is 6.49. The van der Waals surface area contributed by atoms with E-state index in [1.54, 1.807) is 0 Å². The van der Waals surface area contributed by atoms with Crippen LogP contribution in [0.15, 0.2) is 23.3 Å². The molecule has 1 atom stereocenters. The highest BCUT2D eigenvalue weighted by atomic mass is 16.4. The van der Waals surface area contributed by atoms with Crippen LogP contribution in [0.5, 0.6) is 0 Å². The van der Waals surface area contributed by atoms with E-state index in [1.807, 2.05) is 0 Å². The second kappa shape index (κ2) is 5.52. The molecule has 1 rings (SSSR count). The second-order valence-corrected chi connectivity index (χ2v) is 5.81. The van der Waals surface area contributed by atoms with Crippen LogP contribution in [-0.2, 0) is 4.79 Å². The lowest BCUT2D eigenvalue weighted by molar-refractivity contribution is -0.141. The van der Waals surface area contributed by atoms with Crippen LogP contribution in [0.4, 0.5) is 0 Å². The Bertz CT molecular complexity index is 342. The summed E-state index contributed by atoms with van der Waals surface area (Å²) in [6, 6.07) is 0. The molecule has 0 aromatic carbocycles. The van der Waals surface area contributed by atoms with Crippen LogP contribution in [0.2, 0.25) is 0 Å². The fourth-order valence-corrected chi connectivity index (χ4v) is 2.43. The van der Waals surface area contributed by atoms with E-state index in [0.29, 0.717) is 6.42 Å². The van der Waals surface area contributed by atoms with Crippen LogP contribution in [0.3, 0.4) is 0 Å². The normalized spacial score (nSPS) is 22.2. The Hall–Kier alpha value is -1.05. The second-order valence-electron chi connectivity index (χ2n) is 5.81. The third-order valence-corrected chi connectivity index (χ3v) is 3.32. The minimum Gasteiger partial charge on any atom is -0.481 e. The van der Waals surface area contributed by atoms with Gasteiger partial charge in [-0.3, -0.25) is 4.79 Å². The molecule has 1 aliphatic rings. The highest BCUT2D eigenvalue weighted by molar-refractivity contribution is 5.70. The first kappa shape index (κ1) is 14.0. The average Bonchev–Trinajstić information content (AvgIpc) is 2.24. The van der Waals surface area contributed by atoms with Gasteiger partial charge in [0, 0.05) is 0 Å². The highest BCUT2D eigenvalue weighted by Gasteiger charge is 2.26. The molecule has 0 saturated carbocycles. The molecule has 0 amide bonds. The Balaban J connectivity index is 2.86. The number of hydrogen-bond acceptors (Lipinski definition) is 1. The highest BCUT2D eigenvalue weighted by Crippen LogP contribution is 2.37. The Morgan fingerprint density at radius 3 is 2.53 bits per heavy atom. The smallest absolute Gasteiger partial charge is 0.306 e. The summed E-state index contributed by atoms with van der Waals surface area (Å²) < 4.78 is 0. The van der Waals surface area contributed by atoms with Gasteiger partial charge in [0.2, 0.25) is 0 Å². The first-order chi connectivity index (χ1) is 7.86. The number of hydrogen-bond donors (Lipinski definition) is 1. The zero-order valence-electron chi connectivity index (χ0n) is 11.4. The van der Waals surface area contributed by atoms with Gasteiger partial charge in [-0.05, 0) is 42.2 Å². The van der Waals surface area contributed by atoms with Gasteiger partial charge in [0.1, 0.15) is 0 Å². The van der Waals surface area contributed by atoms with Gasteiger partial charge < -0.3 is 5.11 Å². The number of carbonyl (C=O) groups is 1. The minimum absolute atomic E-state index is 0.151. The monoisotopic (exact) mass is 236 g/mol. The van der Waals surface area contributed by atoms with Gasteiger partial charge in [0.15, 0.2) is 0 Å². The number of rotatable bonds is 3. The van der Waals surface area contributed by atoms with Gasteiger partial charge in [-0.25, -0.2) is 0 Å². The standard InChI is InChI=1S/C15H24O2/c1-5-6-13(15(2,3)4)11-7-9-12(10-8-11)14(16)17/h6-7,12H,5,8-10H2,1-4H3,(H,16,17). The van der Waals surface area contributed by atoms with E-state index in [0.717, 1.165) is 19.3 Å². The number of carboxylic acid groups (broad SMARTS) is 1. The van der Waals surface area contributed by atoms with Gasteiger partial charge in [-0.15, -0.1) is 0 Å². The van der Waals surface area contributed by atoms with Crippen molar-refractivity contribution in [3.05, 3.63) is 23.3 Å². The first-order valence-electron chi connectivity index (χ1n) is 6.49. The Kier molecular flexibility index (Phi) is 4.55. The van der Waals surface area contributed by atoms with Crippen molar-refractivity contribution in [2.24, 2.45) is 11.3 Å². The molecule has 17 heavy (non-hydrogen) atoms. The topological polar surface area (TPSA) is 37.3 Å². The SMILES string of the molecule is CCC=C(C1=CCC(C(=O)O)CC1)C(C)(C)C. The van der Waals surface area contributed by atoms with Crippen molar-refractivity contribution in [3.8, 4) is 0 Å². The van der Waals surface area contributed by atoms with Crippen LogP contribution >= 0.6 is 0 Å². The molecule has 0 aromatic heterocycles. The molecule has 0 aromatic rings. The summed E-state index contributed by atoms with van der Waals surface area (Å²) in [4.78, 5) is 10.9. The molecule has 0 aliphatic heterocycles. The summed E-state index contributed by atoms with van der Waals surface area (Å²) in [5, 5.41) is 8.98. The van der Waals surface area contributed by atoms with Crippen molar-refractivity contribution in [3.63, 3.8) is 0 Å². The Morgan fingerprint density at radius 1 is 1.53 bits per heavy atom. The van der Waals surface area contributed by atoms with Crippen molar-refractivity contribution in [1.29, 1.82) is 0 Å². The van der Waals surface area contributed by atoms with Gasteiger partial charge >= 0.3 is 5.97 Å².